The molecule has 0 spiro atoms. The Kier molecular flexibility index (Phi) is 9.41. The largest absolute Gasteiger partial charge is 0.506 e. The Balaban J connectivity index is 1.67. The summed E-state index contributed by atoms with van der Waals surface area (Å²) < 4.78 is 11.8. The van der Waals surface area contributed by atoms with Gasteiger partial charge in [-0.3, -0.25) is 14.9 Å². The molecule has 0 aliphatic carbocycles. The van der Waals surface area contributed by atoms with Gasteiger partial charge in [-0.05, 0) is 61.0 Å². The van der Waals surface area contributed by atoms with Gasteiger partial charge in [0.15, 0.2) is 0 Å². The number of nitro groups is 1. The van der Waals surface area contributed by atoms with Crippen LogP contribution in [0.5, 0.6) is 5.75 Å². The summed E-state index contributed by atoms with van der Waals surface area (Å²) in [6.45, 7) is 1.80. The maximum Gasteiger partial charge on any atom is 0.344 e. The second-order valence-electron chi connectivity index (χ2n) is 8.15. The van der Waals surface area contributed by atoms with Gasteiger partial charge in [0.05, 0.1) is 27.0 Å². The first-order valence-corrected chi connectivity index (χ1v) is 13.7. The molecule has 1 aliphatic rings. The van der Waals surface area contributed by atoms with E-state index in [0.29, 0.717) is 16.9 Å². The van der Waals surface area contributed by atoms with Crippen molar-refractivity contribution in [3.63, 3.8) is 0 Å². The highest BCUT2D eigenvalue weighted by Crippen LogP contribution is 2.41. The predicted octanol–water partition coefficient (Wildman–Crippen LogP) is 7.29. The molecule has 40 heavy (non-hydrogen) atoms. The quantitative estimate of drug-likeness (QED) is 0.154. The number of thioether (sulfide) groups is 1. The first kappa shape index (κ1) is 29.1. The maximum absolute atomic E-state index is 12.9. The molecule has 1 heterocycles. The number of hydrogen-bond donors (Lipinski definition) is 1. The third-order valence-electron chi connectivity index (χ3n) is 5.48. The highest BCUT2D eigenvalue weighted by Gasteiger charge is 2.34. The van der Waals surface area contributed by atoms with E-state index in [1.807, 2.05) is 0 Å². The summed E-state index contributed by atoms with van der Waals surface area (Å²) in [6.07, 6.45) is 1.59. The summed E-state index contributed by atoms with van der Waals surface area (Å²) in [4.78, 5) is 40.3. The van der Waals surface area contributed by atoms with Gasteiger partial charge < -0.3 is 14.6 Å². The van der Waals surface area contributed by atoms with E-state index in [0.717, 1.165) is 16.2 Å². The van der Waals surface area contributed by atoms with E-state index in [1.54, 1.807) is 61.5 Å². The molecule has 0 unspecified atom stereocenters. The van der Waals surface area contributed by atoms with Gasteiger partial charge in [-0.1, -0.05) is 51.4 Å². The van der Waals surface area contributed by atoms with Crippen LogP contribution in [0.3, 0.4) is 0 Å². The molecule has 0 saturated carbocycles. The number of non-ortho nitro benzene ring substituents is 1. The zero-order chi connectivity index (χ0) is 28.8. The van der Waals surface area contributed by atoms with Crippen molar-refractivity contribution in [1.82, 2.24) is 0 Å². The molecule has 0 radical (unpaired) electrons. The molecular weight excluding hydrogens is 624 g/mol. The van der Waals surface area contributed by atoms with Gasteiger partial charge in [-0.2, -0.15) is 0 Å². The third kappa shape index (κ3) is 6.79. The van der Waals surface area contributed by atoms with Gasteiger partial charge in [0.1, 0.15) is 28.7 Å². The molecule has 204 valence electrons. The third-order valence-corrected chi connectivity index (χ3v) is 7.32. The van der Waals surface area contributed by atoms with Crippen molar-refractivity contribution in [3.05, 3.63) is 119 Å². The van der Waals surface area contributed by atoms with Crippen molar-refractivity contribution in [2.45, 2.75) is 13.5 Å². The number of carbonyl (C=O) groups is 2. The van der Waals surface area contributed by atoms with Gasteiger partial charge in [0.25, 0.3) is 11.6 Å². The molecule has 3 aromatic rings. The molecule has 1 N–H and O–H groups in total. The van der Waals surface area contributed by atoms with E-state index < -0.39 is 22.6 Å². The lowest BCUT2D eigenvalue weighted by atomic mass is 10.1. The molecule has 0 bridgehead atoms. The van der Waals surface area contributed by atoms with Gasteiger partial charge in [-0.15, -0.1) is 0 Å². The average Bonchev–Trinajstić information content (AvgIpc) is 3.22. The van der Waals surface area contributed by atoms with Crippen LogP contribution in [0.1, 0.15) is 28.4 Å². The molecule has 0 fully saturated rings. The van der Waals surface area contributed by atoms with E-state index in [9.17, 15) is 24.8 Å². The number of ether oxygens (including phenoxy) is 2. The molecule has 0 saturated heterocycles. The Labute approximate surface area is 246 Å². The van der Waals surface area contributed by atoms with Crippen molar-refractivity contribution in [3.8, 4) is 5.75 Å². The van der Waals surface area contributed by atoms with E-state index in [1.165, 1.54) is 18.2 Å². The Morgan fingerprint density at radius 1 is 1.15 bits per heavy atom. The molecule has 0 aromatic heterocycles. The van der Waals surface area contributed by atoms with Crippen molar-refractivity contribution < 1.29 is 29.1 Å². The van der Waals surface area contributed by atoms with Crippen LogP contribution < -0.4 is 4.74 Å². The molecule has 0 atom stereocenters. The minimum absolute atomic E-state index is 0.0266. The number of amides is 1. The number of benzene rings is 3. The fourth-order valence-corrected chi connectivity index (χ4v) is 5.16. The highest BCUT2D eigenvalue weighted by molar-refractivity contribution is 9.10. The normalized spacial score (nSPS) is 15.0. The van der Waals surface area contributed by atoms with Gasteiger partial charge in [0, 0.05) is 22.2 Å². The van der Waals surface area contributed by atoms with Crippen LogP contribution in [0.2, 0.25) is 5.02 Å². The number of nitrogens with zero attached hydrogens (tertiary/aromatic N) is 2. The minimum Gasteiger partial charge on any atom is -0.506 e. The van der Waals surface area contributed by atoms with Crippen LogP contribution in [0.25, 0.3) is 6.08 Å². The molecule has 1 aliphatic heterocycles. The van der Waals surface area contributed by atoms with Crippen molar-refractivity contribution >= 4 is 68.0 Å². The molecule has 9 nitrogen and oxygen atoms in total. The number of carbonyl (C=O) groups excluding carboxylic acids is 2. The fourth-order valence-electron chi connectivity index (χ4n) is 3.56. The first-order chi connectivity index (χ1) is 19.2. The second kappa shape index (κ2) is 12.9. The number of nitro benzene ring substituents is 1. The van der Waals surface area contributed by atoms with Crippen LogP contribution in [-0.2, 0) is 16.1 Å². The molecule has 3 aromatic carbocycles. The number of hydrogen-bond acceptors (Lipinski definition) is 8. The van der Waals surface area contributed by atoms with E-state index in [4.69, 9.17) is 21.1 Å². The SMILES string of the molecule is CCOC(=O)C1=C(O)/C(=C/c2cc(Br)ccc2OCc2ccc([N+](=O)[O-])cc2)SC1=NC(=O)c1ccccc1Cl. The smallest absolute Gasteiger partial charge is 0.344 e. The fraction of sp³-hybridized carbons (Fsp3) is 0.107. The lowest BCUT2D eigenvalue weighted by Crippen LogP contribution is -2.14. The van der Waals surface area contributed by atoms with Crippen molar-refractivity contribution in [2.75, 3.05) is 6.61 Å². The Hall–Kier alpha value is -3.93. The summed E-state index contributed by atoms with van der Waals surface area (Å²) in [7, 11) is 0. The Morgan fingerprint density at radius 3 is 2.55 bits per heavy atom. The lowest BCUT2D eigenvalue weighted by Gasteiger charge is -2.11. The minimum atomic E-state index is -0.828. The monoisotopic (exact) mass is 642 g/mol. The topological polar surface area (TPSA) is 128 Å². The summed E-state index contributed by atoms with van der Waals surface area (Å²) >= 11 is 10.5. The summed E-state index contributed by atoms with van der Waals surface area (Å²) in [6, 6.07) is 17.6. The molecule has 12 heteroatoms. The molecular formula is C28H20BrClN2O7S. The summed E-state index contributed by atoms with van der Waals surface area (Å²) in [5.74, 6) is -1.46. The van der Waals surface area contributed by atoms with Crippen molar-refractivity contribution in [1.29, 1.82) is 0 Å². The van der Waals surface area contributed by atoms with E-state index in [2.05, 4.69) is 20.9 Å². The van der Waals surface area contributed by atoms with Crippen LogP contribution >= 0.6 is 39.3 Å². The highest BCUT2D eigenvalue weighted by atomic mass is 79.9. The van der Waals surface area contributed by atoms with Crippen LogP contribution in [0.15, 0.2) is 92.4 Å². The van der Waals surface area contributed by atoms with Gasteiger partial charge in [-0.25, -0.2) is 9.79 Å². The van der Waals surface area contributed by atoms with Crippen LogP contribution in [0.4, 0.5) is 5.69 Å². The van der Waals surface area contributed by atoms with Crippen LogP contribution in [-0.4, -0.2) is 33.6 Å². The number of halogens is 2. The van der Waals surface area contributed by atoms with Gasteiger partial charge in [0.2, 0.25) is 0 Å². The zero-order valence-corrected chi connectivity index (χ0v) is 24.0. The standard InChI is InChI=1S/C28H20BrClN2O7S/c1-2-38-28(35)24-25(33)23(40-27(24)31-26(34)20-5-3-4-6-21(20)30)14-17-13-18(29)9-12-22(17)39-15-16-7-10-19(11-8-16)32(36)37/h3-14,33H,2,15H2,1H3/b23-14-,31-27?. The number of aliphatic imine (C=N–C) groups is 1. The lowest BCUT2D eigenvalue weighted by molar-refractivity contribution is -0.384. The van der Waals surface area contributed by atoms with Gasteiger partial charge >= 0.3 is 5.97 Å². The number of aliphatic hydroxyl groups excluding tert-OH is 1. The zero-order valence-electron chi connectivity index (χ0n) is 20.8. The predicted molar refractivity (Wildman–Crippen MR) is 157 cm³/mol. The summed E-state index contributed by atoms with van der Waals surface area (Å²) in [5, 5.41) is 22.1. The Morgan fingerprint density at radius 2 is 1.88 bits per heavy atom. The second-order valence-corrected chi connectivity index (χ2v) is 10.5. The number of esters is 1. The first-order valence-electron chi connectivity index (χ1n) is 11.7. The maximum atomic E-state index is 12.9. The van der Waals surface area contributed by atoms with Crippen LogP contribution in [0, 0.1) is 10.1 Å². The summed E-state index contributed by atoms with van der Waals surface area (Å²) in [5.41, 5.74) is 1.14. The molecule has 1 amide bonds. The van der Waals surface area contributed by atoms with Crippen molar-refractivity contribution in [2.24, 2.45) is 4.99 Å². The number of rotatable bonds is 8. The van der Waals surface area contributed by atoms with E-state index in [-0.39, 0.29) is 45.0 Å². The molecule has 4 rings (SSSR count). The average molecular weight is 644 g/mol. The van der Waals surface area contributed by atoms with E-state index >= 15 is 0 Å². The number of aliphatic hydroxyl groups is 1. The Bertz CT molecular complexity index is 1590.